The fraction of sp³-hybridized carbons (Fsp3) is 0.167. The molecule has 0 radical (unpaired) electrons. The van der Waals surface area contributed by atoms with Crippen molar-refractivity contribution in [2.24, 2.45) is 5.73 Å². The summed E-state index contributed by atoms with van der Waals surface area (Å²) < 4.78 is 4.98. The molecule has 0 atom stereocenters. The molecule has 16 heavy (non-hydrogen) atoms. The van der Waals surface area contributed by atoms with Gasteiger partial charge in [0.25, 0.3) is 0 Å². The van der Waals surface area contributed by atoms with E-state index in [2.05, 4.69) is 5.16 Å². The van der Waals surface area contributed by atoms with E-state index < -0.39 is 5.91 Å². The minimum absolute atomic E-state index is 0.431. The van der Waals surface area contributed by atoms with Crippen LogP contribution in [-0.4, -0.2) is 11.1 Å². The lowest BCUT2D eigenvalue weighted by Gasteiger charge is -2.03. The zero-order valence-corrected chi connectivity index (χ0v) is 9.15. The number of aromatic nitrogens is 1. The number of carbonyl (C=O) groups is 1. The summed E-state index contributed by atoms with van der Waals surface area (Å²) in [6.07, 6.45) is 0. The summed E-state index contributed by atoms with van der Waals surface area (Å²) in [4.78, 5) is 11.2. The van der Waals surface area contributed by atoms with Crippen molar-refractivity contribution in [2.45, 2.75) is 13.8 Å². The first-order valence-corrected chi connectivity index (χ1v) is 4.92. The quantitative estimate of drug-likeness (QED) is 0.835. The van der Waals surface area contributed by atoms with Crippen molar-refractivity contribution in [2.75, 3.05) is 0 Å². The van der Waals surface area contributed by atoms with Crippen molar-refractivity contribution in [3.8, 4) is 11.3 Å². The second-order valence-corrected chi connectivity index (χ2v) is 3.72. The van der Waals surface area contributed by atoms with Gasteiger partial charge in [-0.3, -0.25) is 4.79 Å². The molecule has 2 aromatic rings. The van der Waals surface area contributed by atoms with E-state index >= 15 is 0 Å². The van der Waals surface area contributed by atoms with E-state index in [1.54, 1.807) is 6.07 Å². The Kier molecular flexibility index (Phi) is 2.48. The number of hydrogen-bond acceptors (Lipinski definition) is 3. The Bertz CT molecular complexity index is 544. The van der Waals surface area contributed by atoms with Crippen LogP contribution in [-0.2, 0) is 0 Å². The van der Waals surface area contributed by atoms with Gasteiger partial charge < -0.3 is 10.3 Å². The molecule has 0 aliphatic carbocycles. The van der Waals surface area contributed by atoms with Crippen LogP contribution in [0.5, 0.6) is 0 Å². The van der Waals surface area contributed by atoms with Crippen LogP contribution in [0.25, 0.3) is 11.3 Å². The van der Waals surface area contributed by atoms with E-state index in [1.807, 2.05) is 32.0 Å². The highest BCUT2D eigenvalue weighted by Gasteiger charge is 2.09. The largest absolute Gasteiger partial charge is 0.366 e. The number of nitrogens with two attached hydrogens (primary N) is 1. The third kappa shape index (κ3) is 1.82. The molecule has 1 aromatic carbocycles. The maximum absolute atomic E-state index is 11.2. The van der Waals surface area contributed by atoms with Crippen molar-refractivity contribution >= 4 is 5.91 Å². The van der Waals surface area contributed by atoms with Crippen molar-refractivity contribution in [3.63, 3.8) is 0 Å². The van der Waals surface area contributed by atoms with Crippen molar-refractivity contribution in [3.05, 3.63) is 41.2 Å². The fourth-order valence-electron chi connectivity index (χ4n) is 1.55. The van der Waals surface area contributed by atoms with Crippen LogP contribution in [0, 0.1) is 13.8 Å². The van der Waals surface area contributed by atoms with Gasteiger partial charge in [-0.05, 0) is 25.5 Å². The van der Waals surface area contributed by atoms with Gasteiger partial charge in [-0.2, -0.15) is 0 Å². The maximum Gasteiger partial charge on any atom is 0.248 e. The van der Waals surface area contributed by atoms with Gasteiger partial charge in [-0.25, -0.2) is 0 Å². The first kappa shape index (κ1) is 10.4. The van der Waals surface area contributed by atoms with Crippen LogP contribution in [0.1, 0.15) is 21.7 Å². The average Bonchev–Trinajstić information content (AvgIpc) is 2.65. The number of amides is 1. The number of rotatable bonds is 2. The van der Waals surface area contributed by atoms with Crippen molar-refractivity contribution in [1.82, 2.24) is 5.16 Å². The zero-order chi connectivity index (χ0) is 11.7. The number of primary amides is 1. The van der Waals surface area contributed by atoms with E-state index in [0.29, 0.717) is 11.3 Å². The molecule has 0 aliphatic heterocycles. The monoisotopic (exact) mass is 216 g/mol. The Morgan fingerprint density at radius 3 is 2.62 bits per heavy atom. The molecule has 2 N–H and O–H groups in total. The predicted octanol–water partition coefficient (Wildman–Crippen LogP) is 2.06. The minimum Gasteiger partial charge on any atom is -0.366 e. The average molecular weight is 216 g/mol. The topological polar surface area (TPSA) is 69.1 Å². The molecule has 0 saturated carbocycles. The smallest absolute Gasteiger partial charge is 0.248 e. The first-order valence-electron chi connectivity index (χ1n) is 4.92. The van der Waals surface area contributed by atoms with E-state index in [0.717, 1.165) is 16.9 Å². The van der Waals surface area contributed by atoms with E-state index in [-0.39, 0.29) is 0 Å². The van der Waals surface area contributed by atoms with Crippen LogP contribution < -0.4 is 5.73 Å². The lowest BCUT2D eigenvalue weighted by Crippen LogP contribution is -2.12. The Morgan fingerprint density at radius 1 is 1.31 bits per heavy atom. The molecule has 0 fully saturated rings. The molecule has 0 bridgehead atoms. The molecule has 0 spiro atoms. The number of aryl methyl sites for hydroxylation is 2. The molecular weight excluding hydrogens is 204 g/mol. The van der Waals surface area contributed by atoms with Crippen molar-refractivity contribution in [1.29, 1.82) is 0 Å². The Hall–Kier alpha value is -2.10. The van der Waals surface area contributed by atoms with Crippen LogP contribution in [0.3, 0.4) is 0 Å². The highest BCUT2D eigenvalue weighted by Crippen LogP contribution is 2.21. The third-order valence-corrected chi connectivity index (χ3v) is 2.43. The summed E-state index contributed by atoms with van der Waals surface area (Å²) in [6, 6.07) is 7.28. The van der Waals surface area contributed by atoms with Gasteiger partial charge >= 0.3 is 0 Å². The second kappa shape index (κ2) is 3.81. The van der Waals surface area contributed by atoms with Crippen LogP contribution in [0.2, 0.25) is 0 Å². The summed E-state index contributed by atoms with van der Waals surface area (Å²) in [6.45, 7) is 3.66. The van der Waals surface area contributed by atoms with E-state index in [4.69, 9.17) is 10.3 Å². The number of benzene rings is 1. The molecule has 1 heterocycles. The molecule has 2 rings (SSSR count). The molecule has 0 unspecified atom stereocenters. The van der Waals surface area contributed by atoms with Gasteiger partial charge in [0.15, 0.2) is 0 Å². The summed E-state index contributed by atoms with van der Waals surface area (Å²) in [5.74, 6) is 0.302. The molecule has 4 heteroatoms. The van der Waals surface area contributed by atoms with Gasteiger partial charge in [0, 0.05) is 17.2 Å². The maximum atomic E-state index is 11.2. The second-order valence-electron chi connectivity index (χ2n) is 3.72. The molecule has 0 saturated heterocycles. The Balaban J connectivity index is 2.51. The highest BCUT2D eigenvalue weighted by atomic mass is 16.5. The standard InChI is InChI=1S/C12H12N2O2/c1-7-3-4-9(6-10(7)12(13)15)11-5-8(2)16-14-11/h3-6H,1-2H3,(H2,13,15). The van der Waals surface area contributed by atoms with Gasteiger partial charge in [0.1, 0.15) is 11.5 Å². The lowest BCUT2D eigenvalue weighted by molar-refractivity contribution is 0.1000. The molecule has 0 aliphatic rings. The summed E-state index contributed by atoms with van der Waals surface area (Å²) in [7, 11) is 0. The lowest BCUT2D eigenvalue weighted by atomic mass is 10.0. The van der Waals surface area contributed by atoms with Gasteiger partial charge in [-0.1, -0.05) is 17.3 Å². The molecule has 82 valence electrons. The molecular formula is C12H12N2O2. The fourth-order valence-corrected chi connectivity index (χ4v) is 1.55. The summed E-state index contributed by atoms with van der Waals surface area (Å²) >= 11 is 0. The molecule has 1 amide bonds. The SMILES string of the molecule is Cc1cc(-c2ccc(C)c(C(N)=O)c2)no1. The van der Waals surface area contributed by atoms with Crippen molar-refractivity contribution < 1.29 is 9.32 Å². The van der Waals surface area contributed by atoms with E-state index in [9.17, 15) is 4.79 Å². The van der Waals surface area contributed by atoms with Crippen LogP contribution >= 0.6 is 0 Å². The van der Waals surface area contributed by atoms with Gasteiger partial charge in [0.05, 0.1) is 0 Å². The summed E-state index contributed by atoms with van der Waals surface area (Å²) in [5, 5.41) is 3.89. The van der Waals surface area contributed by atoms with Crippen LogP contribution in [0.15, 0.2) is 28.8 Å². The number of carbonyl (C=O) groups excluding carboxylic acids is 1. The third-order valence-electron chi connectivity index (χ3n) is 2.43. The molecule has 4 nitrogen and oxygen atoms in total. The minimum atomic E-state index is -0.431. The Morgan fingerprint density at radius 2 is 2.06 bits per heavy atom. The Labute approximate surface area is 93.1 Å². The molecule has 1 aromatic heterocycles. The number of nitrogens with zero attached hydrogens (tertiary/aromatic N) is 1. The zero-order valence-electron chi connectivity index (χ0n) is 9.15. The first-order chi connectivity index (χ1) is 7.58. The summed E-state index contributed by atoms with van der Waals surface area (Å²) in [5.41, 5.74) is 8.19. The van der Waals surface area contributed by atoms with Gasteiger partial charge in [-0.15, -0.1) is 0 Å². The normalized spacial score (nSPS) is 10.4. The highest BCUT2D eigenvalue weighted by molar-refractivity contribution is 5.95. The predicted molar refractivity (Wildman–Crippen MR) is 59.9 cm³/mol. The van der Waals surface area contributed by atoms with Crippen LogP contribution in [0.4, 0.5) is 0 Å². The van der Waals surface area contributed by atoms with E-state index in [1.165, 1.54) is 0 Å². The van der Waals surface area contributed by atoms with Gasteiger partial charge in [0.2, 0.25) is 5.91 Å². The number of hydrogen-bond donors (Lipinski definition) is 1.